The van der Waals surface area contributed by atoms with Crippen molar-refractivity contribution in [1.29, 1.82) is 0 Å². The average molecular weight is 559 g/mol. The van der Waals surface area contributed by atoms with Crippen molar-refractivity contribution in [2.45, 2.75) is 49.4 Å². The summed E-state index contributed by atoms with van der Waals surface area (Å²) < 4.78 is 11.6. The molecule has 2 saturated carbocycles. The van der Waals surface area contributed by atoms with Crippen LogP contribution in [0.3, 0.4) is 0 Å². The summed E-state index contributed by atoms with van der Waals surface area (Å²) in [5.74, 6) is -1.60. The van der Waals surface area contributed by atoms with Crippen LogP contribution in [0.25, 0.3) is 0 Å². The Bertz CT molecular complexity index is 1380. The van der Waals surface area contributed by atoms with Crippen LogP contribution in [0.1, 0.15) is 43.6 Å². The van der Waals surface area contributed by atoms with Gasteiger partial charge in [-0.15, -0.1) is 11.8 Å². The van der Waals surface area contributed by atoms with Gasteiger partial charge >= 0.3 is 10.8 Å². The van der Waals surface area contributed by atoms with Crippen molar-refractivity contribution in [3.05, 3.63) is 38.3 Å². The normalized spacial score (nSPS) is 31.8. The van der Waals surface area contributed by atoms with Gasteiger partial charge in [0.15, 0.2) is 11.5 Å². The second-order valence-electron chi connectivity index (χ2n) is 11.1. The molecule has 2 aromatic rings. The van der Waals surface area contributed by atoms with Gasteiger partial charge in [0.2, 0.25) is 11.8 Å². The highest BCUT2D eigenvalue weighted by Crippen LogP contribution is 2.68. The van der Waals surface area contributed by atoms with E-state index in [1.807, 2.05) is 18.2 Å². The topological polar surface area (TPSA) is 126 Å². The Kier molecular flexibility index (Phi) is 6.14. The van der Waals surface area contributed by atoms with Crippen LogP contribution in [0.15, 0.2) is 28.0 Å². The van der Waals surface area contributed by atoms with Gasteiger partial charge in [0, 0.05) is 16.0 Å². The molecule has 8 atom stereocenters. The monoisotopic (exact) mass is 558 g/mol. The molecule has 2 N–H and O–H groups in total. The van der Waals surface area contributed by atoms with Gasteiger partial charge in [0.1, 0.15) is 6.04 Å². The van der Waals surface area contributed by atoms with Crippen LogP contribution in [-0.4, -0.2) is 57.8 Å². The molecule has 2 aliphatic carbocycles. The molecule has 38 heavy (non-hydrogen) atoms. The van der Waals surface area contributed by atoms with E-state index in [1.165, 1.54) is 18.3 Å². The van der Waals surface area contributed by atoms with E-state index in [0.29, 0.717) is 24.0 Å². The van der Waals surface area contributed by atoms with Gasteiger partial charge in [-0.25, -0.2) is 4.79 Å². The number of thiazole rings is 1. The van der Waals surface area contributed by atoms with Crippen LogP contribution < -0.4 is 14.3 Å². The standard InChI is InChI=1S/C27H30N2O7S2/c1-10(2)9-36-15-6-5-12(7-16(15)35-4)17-18-13-8-14(21(18)37-23-22(17)38-27(34)28-23)20-19(13)24(30)29(25(20)31)11(3)26(32)33/h5-7,10-11,13-14,17-21H,8-9H2,1-4H3,(H,28,34)(H,32,33). The quantitative estimate of drug-likeness (QED) is 0.495. The number of thioether (sulfide) groups is 1. The molecule has 4 aliphatic rings. The summed E-state index contributed by atoms with van der Waals surface area (Å²) >= 11 is 2.80. The molecule has 3 heterocycles. The number of fused-ring (bicyclic) bond motifs is 9. The Morgan fingerprint density at radius 2 is 1.84 bits per heavy atom. The number of nitrogens with one attached hydrogen (secondary N) is 1. The molecule has 8 unspecified atom stereocenters. The van der Waals surface area contributed by atoms with E-state index >= 15 is 0 Å². The molecule has 2 aliphatic heterocycles. The summed E-state index contributed by atoms with van der Waals surface area (Å²) in [4.78, 5) is 55.8. The van der Waals surface area contributed by atoms with Crippen LogP contribution in [0.4, 0.5) is 0 Å². The minimum atomic E-state index is -1.19. The fraction of sp³-hybridized carbons (Fsp3) is 0.556. The Labute approximate surface area is 227 Å². The summed E-state index contributed by atoms with van der Waals surface area (Å²) in [7, 11) is 1.60. The predicted octanol–water partition coefficient (Wildman–Crippen LogP) is 3.43. The number of aromatic nitrogens is 1. The number of nitrogens with zero attached hydrogens (tertiary/aromatic N) is 1. The summed E-state index contributed by atoms with van der Waals surface area (Å²) in [6, 6.07) is 4.68. The number of rotatable bonds is 7. The van der Waals surface area contributed by atoms with Gasteiger partial charge in [-0.05, 0) is 54.7 Å². The number of aromatic amines is 1. The number of amides is 2. The molecule has 0 spiro atoms. The van der Waals surface area contributed by atoms with Crippen LogP contribution in [0.5, 0.6) is 11.5 Å². The molecule has 0 radical (unpaired) electrons. The van der Waals surface area contributed by atoms with Gasteiger partial charge in [-0.3, -0.25) is 19.3 Å². The lowest BCUT2D eigenvalue weighted by molar-refractivity contribution is -0.154. The fourth-order valence-corrected chi connectivity index (χ4v) is 10.0. The van der Waals surface area contributed by atoms with E-state index in [0.717, 1.165) is 26.8 Å². The van der Waals surface area contributed by atoms with E-state index in [-0.39, 0.29) is 45.6 Å². The van der Waals surface area contributed by atoms with Crippen LogP contribution >= 0.6 is 23.1 Å². The molecular formula is C27H30N2O7S2. The highest BCUT2D eigenvalue weighted by molar-refractivity contribution is 8.00. The first-order valence-corrected chi connectivity index (χ1v) is 14.6. The lowest BCUT2D eigenvalue weighted by atomic mass is 9.68. The summed E-state index contributed by atoms with van der Waals surface area (Å²) in [6.07, 6.45) is 0.743. The van der Waals surface area contributed by atoms with E-state index in [4.69, 9.17) is 9.47 Å². The van der Waals surface area contributed by atoms with E-state index in [9.17, 15) is 24.3 Å². The molecule has 1 saturated heterocycles. The maximum atomic E-state index is 13.5. The number of carboxylic acid groups (broad SMARTS) is 1. The number of carbonyl (C=O) groups excluding carboxylic acids is 2. The number of carbonyl (C=O) groups is 3. The summed E-state index contributed by atoms with van der Waals surface area (Å²) in [5.41, 5.74) is 0.974. The molecule has 2 amide bonds. The maximum Gasteiger partial charge on any atom is 0.326 e. The Hall–Kier alpha value is -2.79. The number of hydrogen-bond acceptors (Lipinski definition) is 8. The van der Waals surface area contributed by atoms with E-state index in [2.05, 4.69) is 18.8 Å². The zero-order chi connectivity index (χ0) is 27.0. The smallest absolute Gasteiger partial charge is 0.326 e. The first-order chi connectivity index (χ1) is 18.1. The highest BCUT2D eigenvalue weighted by Gasteiger charge is 2.70. The number of likely N-dealkylation sites (tertiary alicyclic amines) is 1. The average Bonchev–Trinajstić information content (AvgIpc) is 3.60. The van der Waals surface area contributed by atoms with Gasteiger partial charge < -0.3 is 19.6 Å². The number of methoxy groups -OCH3 is 1. The number of aliphatic carboxylic acids is 1. The van der Waals surface area contributed by atoms with Crippen LogP contribution in [0, 0.1) is 35.5 Å². The SMILES string of the molecule is COc1cc(C2c3sc(=O)[nH]c3SC3C4CC(C5C(=O)N(C(C)C(=O)O)C(=O)C45)C23)ccc1OCC(C)C. The maximum absolute atomic E-state index is 13.5. The van der Waals surface area contributed by atoms with Crippen molar-refractivity contribution in [2.75, 3.05) is 13.7 Å². The van der Waals surface area contributed by atoms with Gasteiger partial charge in [0.25, 0.3) is 0 Å². The minimum Gasteiger partial charge on any atom is -0.493 e. The molecule has 3 fully saturated rings. The fourth-order valence-electron chi connectivity index (χ4n) is 7.16. The summed E-state index contributed by atoms with van der Waals surface area (Å²) in [5, 5.41) is 10.4. The van der Waals surface area contributed by atoms with Crippen LogP contribution in [-0.2, 0) is 14.4 Å². The second-order valence-corrected chi connectivity index (χ2v) is 13.3. The van der Waals surface area contributed by atoms with Gasteiger partial charge in [0.05, 0.1) is 30.6 Å². The second kappa shape index (κ2) is 9.15. The van der Waals surface area contributed by atoms with Crippen molar-refractivity contribution in [2.24, 2.45) is 35.5 Å². The highest BCUT2D eigenvalue weighted by atomic mass is 32.2. The van der Waals surface area contributed by atoms with Crippen molar-refractivity contribution in [3.8, 4) is 11.5 Å². The molecule has 2 bridgehead atoms. The third kappa shape index (κ3) is 3.65. The molecule has 1 aromatic carbocycles. The largest absolute Gasteiger partial charge is 0.493 e. The first-order valence-electron chi connectivity index (χ1n) is 12.9. The van der Waals surface area contributed by atoms with Crippen molar-refractivity contribution in [3.63, 3.8) is 0 Å². The number of hydrogen-bond donors (Lipinski definition) is 2. The number of carboxylic acids is 1. The molecule has 1 aromatic heterocycles. The Morgan fingerprint density at radius 3 is 2.50 bits per heavy atom. The molecule has 6 rings (SSSR count). The van der Waals surface area contributed by atoms with Crippen molar-refractivity contribution in [1.82, 2.24) is 9.88 Å². The molecule has 202 valence electrons. The number of ether oxygens (including phenoxy) is 2. The number of benzene rings is 1. The third-order valence-electron chi connectivity index (χ3n) is 8.62. The molecule has 11 heteroatoms. The zero-order valence-corrected chi connectivity index (χ0v) is 23.1. The van der Waals surface area contributed by atoms with E-state index in [1.54, 1.807) is 18.9 Å². The zero-order valence-electron chi connectivity index (χ0n) is 21.5. The lowest BCUT2D eigenvalue weighted by Gasteiger charge is -2.43. The summed E-state index contributed by atoms with van der Waals surface area (Å²) in [6.45, 7) is 6.10. The van der Waals surface area contributed by atoms with Crippen molar-refractivity contribution < 1.29 is 29.0 Å². The first kappa shape index (κ1) is 25.5. The molecule has 9 nitrogen and oxygen atoms in total. The third-order valence-corrected chi connectivity index (χ3v) is 11.2. The Balaban J connectivity index is 1.41. The van der Waals surface area contributed by atoms with Crippen molar-refractivity contribution >= 4 is 40.9 Å². The van der Waals surface area contributed by atoms with Gasteiger partial charge in [-0.2, -0.15) is 0 Å². The number of H-pyrrole nitrogens is 1. The minimum absolute atomic E-state index is 0.0224. The number of imide groups is 1. The predicted molar refractivity (Wildman–Crippen MR) is 141 cm³/mol. The lowest BCUT2D eigenvalue weighted by Crippen LogP contribution is -2.44. The van der Waals surface area contributed by atoms with Crippen LogP contribution in [0.2, 0.25) is 0 Å². The Morgan fingerprint density at radius 1 is 1.13 bits per heavy atom. The van der Waals surface area contributed by atoms with Gasteiger partial charge in [-0.1, -0.05) is 31.3 Å². The van der Waals surface area contributed by atoms with E-state index < -0.39 is 23.8 Å². The molecular weight excluding hydrogens is 528 g/mol.